The molecule has 0 aliphatic carbocycles. The van der Waals surface area contributed by atoms with Crippen molar-refractivity contribution in [2.75, 3.05) is 0 Å². The Bertz CT molecular complexity index is 448. The lowest BCUT2D eigenvalue weighted by atomic mass is 10.1. The Kier molecular flexibility index (Phi) is 4.08. The number of hydrogen-bond acceptors (Lipinski definition) is 4. The zero-order valence-corrected chi connectivity index (χ0v) is 8.85. The highest BCUT2D eigenvalue weighted by molar-refractivity contribution is 5.79. The van der Waals surface area contributed by atoms with Gasteiger partial charge in [0.05, 0.1) is 11.0 Å². The first-order valence-electron chi connectivity index (χ1n) is 4.61. The predicted octanol–water partition coefficient (Wildman–Crippen LogP) is 2.33. The van der Waals surface area contributed by atoms with E-state index < -0.39 is 11.5 Å². The summed E-state index contributed by atoms with van der Waals surface area (Å²) < 4.78 is 28.3. The molecule has 0 aromatic heterocycles. The summed E-state index contributed by atoms with van der Waals surface area (Å²) >= 11 is 0. The van der Waals surface area contributed by atoms with E-state index in [4.69, 9.17) is 0 Å². The lowest BCUT2D eigenvalue weighted by molar-refractivity contribution is -0.385. The van der Waals surface area contributed by atoms with E-state index in [-0.39, 0.29) is 29.2 Å². The maximum Gasteiger partial charge on any atom is 0.387 e. The Balaban J connectivity index is 3.11. The number of rotatable bonds is 5. The third-order valence-corrected chi connectivity index (χ3v) is 1.92. The highest BCUT2D eigenvalue weighted by atomic mass is 19.3. The molecule has 0 bridgehead atoms. The summed E-state index contributed by atoms with van der Waals surface area (Å²) in [7, 11) is 0. The van der Waals surface area contributed by atoms with Crippen LogP contribution in [0.4, 0.5) is 14.5 Å². The number of carbonyl (C=O) groups is 1. The lowest BCUT2D eigenvalue weighted by Gasteiger charge is -2.09. The van der Waals surface area contributed by atoms with Crippen LogP contribution in [0.25, 0.3) is 0 Å². The molecule has 0 N–H and O–H groups in total. The number of nitro benzene ring substituents is 1. The Morgan fingerprint density at radius 3 is 2.65 bits per heavy atom. The van der Waals surface area contributed by atoms with Gasteiger partial charge < -0.3 is 4.74 Å². The van der Waals surface area contributed by atoms with Crippen LogP contribution in [0.1, 0.15) is 12.5 Å². The van der Waals surface area contributed by atoms with Gasteiger partial charge in [0.1, 0.15) is 11.5 Å². The lowest BCUT2D eigenvalue weighted by Crippen LogP contribution is -2.07. The molecule has 92 valence electrons. The first-order chi connectivity index (χ1) is 7.90. The summed E-state index contributed by atoms with van der Waals surface area (Å²) in [5.41, 5.74) is -0.170. The van der Waals surface area contributed by atoms with Gasteiger partial charge in [-0.25, -0.2) is 0 Å². The summed E-state index contributed by atoms with van der Waals surface area (Å²) in [5, 5.41) is 10.5. The smallest absolute Gasteiger partial charge is 0.387 e. The molecule has 0 heterocycles. The molecule has 0 spiro atoms. The Labute approximate surface area is 95.2 Å². The molecular weight excluding hydrogens is 236 g/mol. The molecule has 0 aliphatic heterocycles. The number of halogens is 2. The van der Waals surface area contributed by atoms with Crippen molar-refractivity contribution in [1.82, 2.24) is 0 Å². The first kappa shape index (κ1) is 13.0. The fraction of sp³-hybridized carbons (Fsp3) is 0.300. The van der Waals surface area contributed by atoms with Crippen LogP contribution in [0.3, 0.4) is 0 Å². The predicted molar refractivity (Wildman–Crippen MR) is 54.1 cm³/mol. The van der Waals surface area contributed by atoms with Crippen LogP contribution >= 0.6 is 0 Å². The van der Waals surface area contributed by atoms with Gasteiger partial charge in [0, 0.05) is 18.1 Å². The van der Waals surface area contributed by atoms with Crippen molar-refractivity contribution in [3.63, 3.8) is 0 Å². The average Bonchev–Trinajstić information content (AvgIpc) is 2.18. The second kappa shape index (κ2) is 5.33. The Morgan fingerprint density at radius 2 is 2.18 bits per heavy atom. The minimum atomic E-state index is -3.09. The largest absolute Gasteiger partial charge is 0.434 e. The molecule has 1 aromatic rings. The van der Waals surface area contributed by atoms with Gasteiger partial charge in [-0.3, -0.25) is 14.9 Å². The fourth-order valence-electron chi connectivity index (χ4n) is 1.28. The second-order valence-electron chi connectivity index (χ2n) is 3.31. The average molecular weight is 245 g/mol. The van der Waals surface area contributed by atoms with Crippen molar-refractivity contribution in [3.8, 4) is 5.75 Å². The van der Waals surface area contributed by atoms with Crippen molar-refractivity contribution in [2.45, 2.75) is 20.0 Å². The molecular formula is C10H9F2NO4. The van der Waals surface area contributed by atoms with E-state index >= 15 is 0 Å². The van der Waals surface area contributed by atoms with Gasteiger partial charge in [-0.05, 0) is 13.0 Å². The summed E-state index contributed by atoms with van der Waals surface area (Å²) in [4.78, 5) is 20.6. The van der Waals surface area contributed by atoms with Gasteiger partial charge in [0.15, 0.2) is 0 Å². The van der Waals surface area contributed by atoms with Crippen LogP contribution in [0.15, 0.2) is 18.2 Å². The van der Waals surface area contributed by atoms with Crippen LogP contribution in [0, 0.1) is 10.1 Å². The minimum Gasteiger partial charge on any atom is -0.434 e. The maximum absolute atomic E-state index is 12.1. The fourth-order valence-corrected chi connectivity index (χ4v) is 1.28. The number of ketones is 1. The van der Waals surface area contributed by atoms with Crippen molar-refractivity contribution in [3.05, 3.63) is 33.9 Å². The van der Waals surface area contributed by atoms with Crippen LogP contribution in [-0.2, 0) is 11.2 Å². The van der Waals surface area contributed by atoms with Crippen molar-refractivity contribution >= 4 is 11.5 Å². The molecule has 0 fully saturated rings. The number of alkyl halides is 2. The molecule has 0 atom stereocenters. The zero-order chi connectivity index (χ0) is 13.0. The van der Waals surface area contributed by atoms with Crippen molar-refractivity contribution in [1.29, 1.82) is 0 Å². The normalized spacial score (nSPS) is 10.4. The number of nitrogens with zero attached hydrogens (tertiary/aromatic N) is 1. The Hall–Kier alpha value is -2.05. The van der Waals surface area contributed by atoms with E-state index in [0.29, 0.717) is 0 Å². The summed E-state index contributed by atoms with van der Waals surface area (Å²) in [5.74, 6) is -0.595. The standard InChI is InChI=1S/C10H9F2NO4/c1-6(14)4-7-2-3-8(13(15)16)5-9(7)17-10(11)12/h2-3,5,10H,4H2,1H3. The zero-order valence-electron chi connectivity index (χ0n) is 8.85. The number of nitro groups is 1. The van der Waals surface area contributed by atoms with Gasteiger partial charge in [-0.2, -0.15) is 8.78 Å². The quantitative estimate of drug-likeness (QED) is 0.589. The molecule has 17 heavy (non-hydrogen) atoms. The molecule has 0 unspecified atom stereocenters. The molecule has 7 heteroatoms. The van der Waals surface area contributed by atoms with E-state index in [1.54, 1.807) is 0 Å². The molecule has 0 amide bonds. The van der Waals surface area contributed by atoms with Gasteiger partial charge in [0.25, 0.3) is 5.69 Å². The van der Waals surface area contributed by atoms with E-state index in [0.717, 1.165) is 12.1 Å². The van der Waals surface area contributed by atoms with Crippen LogP contribution in [0.5, 0.6) is 5.75 Å². The van der Waals surface area contributed by atoms with Crippen molar-refractivity contribution in [2.24, 2.45) is 0 Å². The second-order valence-corrected chi connectivity index (χ2v) is 3.31. The molecule has 0 aliphatic rings. The van der Waals surface area contributed by atoms with Gasteiger partial charge >= 0.3 is 6.61 Å². The third kappa shape index (κ3) is 3.78. The number of hydrogen-bond donors (Lipinski definition) is 0. The number of carbonyl (C=O) groups excluding carboxylic acids is 1. The Morgan fingerprint density at radius 1 is 1.53 bits per heavy atom. The van der Waals surface area contributed by atoms with Crippen LogP contribution < -0.4 is 4.74 Å². The van der Waals surface area contributed by atoms with E-state index in [9.17, 15) is 23.7 Å². The van der Waals surface area contributed by atoms with Crippen LogP contribution in [-0.4, -0.2) is 17.3 Å². The van der Waals surface area contributed by atoms with Crippen molar-refractivity contribution < 1.29 is 23.2 Å². The molecule has 1 rings (SSSR count). The maximum atomic E-state index is 12.1. The molecule has 0 saturated heterocycles. The number of Topliss-reactive ketones (excluding diaryl/α,β-unsaturated/α-hetero) is 1. The summed E-state index contributed by atoms with van der Waals surface area (Å²) in [6.07, 6.45) is -0.111. The monoisotopic (exact) mass is 245 g/mol. The van der Waals surface area contributed by atoms with Gasteiger partial charge in [0.2, 0.25) is 0 Å². The summed E-state index contributed by atoms with van der Waals surface area (Å²) in [6.45, 7) is -1.81. The van der Waals surface area contributed by atoms with E-state index in [1.807, 2.05) is 0 Å². The molecule has 1 aromatic carbocycles. The van der Waals surface area contributed by atoms with E-state index in [2.05, 4.69) is 4.74 Å². The molecule has 5 nitrogen and oxygen atoms in total. The number of ether oxygens (including phenoxy) is 1. The number of non-ortho nitro benzene ring substituents is 1. The van der Waals surface area contributed by atoms with Crippen LogP contribution in [0.2, 0.25) is 0 Å². The highest BCUT2D eigenvalue weighted by Crippen LogP contribution is 2.26. The topological polar surface area (TPSA) is 69.4 Å². The third-order valence-electron chi connectivity index (χ3n) is 1.92. The highest BCUT2D eigenvalue weighted by Gasteiger charge is 2.16. The van der Waals surface area contributed by atoms with E-state index in [1.165, 1.54) is 13.0 Å². The van der Waals surface area contributed by atoms with Gasteiger partial charge in [-0.1, -0.05) is 0 Å². The first-order valence-corrected chi connectivity index (χ1v) is 4.61. The SMILES string of the molecule is CC(=O)Cc1ccc([N+](=O)[O-])cc1OC(F)F. The molecule has 0 saturated carbocycles. The molecule has 0 radical (unpaired) electrons. The summed E-state index contributed by atoms with van der Waals surface area (Å²) in [6, 6.07) is 3.25. The minimum absolute atomic E-state index is 0.111. The number of benzene rings is 1. The van der Waals surface area contributed by atoms with Gasteiger partial charge in [-0.15, -0.1) is 0 Å².